The van der Waals surface area contributed by atoms with Crippen LogP contribution >= 0.6 is 11.6 Å². The fourth-order valence-electron chi connectivity index (χ4n) is 4.37. The van der Waals surface area contributed by atoms with Gasteiger partial charge >= 0.3 is 0 Å². The van der Waals surface area contributed by atoms with E-state index in [9.17, 15) is 9.59 Å². The quantitative estimate of drug-likeness (QED) is 0.722. The number of carbonyl (C=O) groups is 1. The first kappa shape index (κ1) is 17.2. The summed E-state index contributed by atoms with van der Waals surface area (Å²) in [6.45, 7) is 1.81. The molecule has 142 valence electrons. The zero-order chi connectivity index (χ0) is 19.3. The fourth-order valence-corrected chi connectivity index (χ4v) is 4.48. The third-order valence-corrected chi connectivity index (χ3v) is 5.81. The zero-order valence-electron chi connectivity index (χ0n) is 15.0. The largest absolute Gasteiger partial charge is 0.344 e. The lowest BCUT2D eigenvalue weighted by atomic mass is 9.83. The van der Waals surface area contributed by atoms with Crippen LogP contribution in [0.1, 0.15) is 28.5 Å². The lowest BCUT2D eigenvalue weighted by Gasteiger charge is -2.42. The second-order valence-corrected chi connectivity index (χ2v) is 7.83. The lowest BCUT2D eigenvalue weighted by molar-refractivity contribution is 0.0589. The van der Waals surface area contributed by atoms with Crippen LogP contribution in [0.3, 0.4) is 0 Å². The molecule has 2 atom stereocenters. The van der Waals surface area contributed by atoms with Crippen molar-refractivity contribution in [1.29, 1.82) is 0 Å². The number of fused-ring (bicyclic) bond motifs is 4. The van der Waals surface area contributed by atoms with Crippen LogP contribution in [0.4, 0.5) is 0 Å². The van der Waals surface area contributed by atoms with Gasteiger partial charge in [-0.15, -0.1) is 0 Å². The highest BCUT2D eigenvalue weighted by Crippen LogP contribution is 2.36. The summed E-state index contributed by atoms with van der Waals surface area (Å²) in [5.74, 6) is 0.880. The molecule has 28 heavy (non-hydrogen) atoms. The van der Waals surface area contributed by atoms with Gasteiger partial charge < -0.3 is 14.5 Å². The van der Waals surface area contributed by atoms with E-state index in [1.807, 2.05) is 21.6 Å². The monoisotopic (exact) mass is 395 g/mol. The van der Waals surface area contributed by atoms with Gasteiger partial charge in [0.15, 0.2) is 0 Å². The molecule has 1 amide bonds. The molecule has 7 nitrogen and oxygen atoms in total. The van der Waals surface area contributed by atoms with E-state index >= 15 is 0 Å². The number of H-pyrrole nitrogens is 1. The number of aromatic amines is 1. The maximum atomic E-state index is 13.0. The van der Waals surface area contributed by atoms with Gasteiger partial charge in [-0.1, -0.05) is 11.6 Å². The topological polar surface area (TPSA) is 83.9 Å². The molecule has 8 heteroatoms. The minimum atomic E-state index is -0.0885. The summed E-state index contributed by atoms with van der Waals surface area (Å²) in [7, 11) is 0. The lowest BCUT2D eigenvalue weighted by Crippen LogP contribution is -2.49. The number of imidazole rings is 1. The van der Waals surface area contributed by atoms with Crippen LogP contribution < -0.4 is 5.56 Å². The average molecular weight is 396 g/mol. The summed E-state index contributed by atoms with van der Waals surface area (Å²) in [5.41, 5.74) is 1.93. The van der Waals surface area contributed by atoms with E-state index in [0.717, 1.165) is 12.1 Å². The van der Waals surface area contributed by atoms with Crippen LogP contribution in [0, 0.1) is 5.92 Å². The van der Waals surface area contributed by atoms with E-state index < -0.39 is 0 Å². The van der Waals surface area contributed by atoms with Gasteiger partial charge in [0.1, 0.15) is 11.5 Å². The molecule has 1 N–H and O–H groups in total. The summed E-state index contributed by atoms with van der Waals surface area (Å²) in [6.07, 6.45) is 5.83. The van der Waals surface area contributed by atoms with Crippen LogP contribution in [0.5, 0.6) is 0 Å². The Labute approximate surface area is 166 Å². The van der Waals surface area contributed by atoms with Crippen molar-refractivity contribution in [1.82, 2.24) is 24.4 Å². The first-order valence-electron chi connectivity index (χ1n) is 9.24. The van der Waals surface area contributed by atoms with Gasteiger partial charge in [-0.3, -0.25) is 9.59 Å². The maximum absolute atomic E-state index is 13.0. The number of amides is 1. The Morgan fingerprint density at radius 1 is 1.14 bits per heavy atom. The molecule has 5 heterocycles. The van der Waals surface area contributed by atoms with Crippen molar-refractivity contribution in [2.75, 3.05) is 13.1 Å². The van der Waals surface area contributed by atoms with Crippen molar-refractivity contribution in [3.63, 3.8) is 0 Å². The number of hydrogen-bond donors (Lipinski definition) is 1. The molecule has 0 spiro atoms. The van der Waals surface area contributed by atoms with Crippen molar-refractivity contribution in [2.45, 2.75) is 18.9 Å². The Bertz CT molecular complexity index is 1090. The average Bonchev–Trinajstić information content (AvgIpc) is 3.23. The molecular formula is C20H18ClN5O2. The normalized spacial score (nSPS) is 20.7. The van der Waals surface area contributed by atoms with Gasteiger partial charge in [-0.25, -0.2) is 9.97 Å². The smallest absolute Gasteiger partial charge is 0.272 e. The molecule has 2 aliphatic rings. The number of rotatable bonds is 2. The summed E-state index contributed by atoms with van der Waals surface area (Å²) >= 11 is 5.87. The van der Waals surface area contributed by atoms with Crippen molar-refractivity contribution in [3.05, 3.63) is 69.6 Å². The van der Waals surface area contributed by atoms with Crippen molar-refractivity contribution >= 4 is 17.5 Å². The molecule has 0 unspecified atom stereocenters. The fraction of sp³-hybridized carbons (Fsp3) is 0.300. The molecule has 3 aromatic heterocycles. The number of nitrogens with zero attached hydrogens (tertiary/aromatic N) is 4. The summed E-state index contributed by atoms with van der Waals surface area (Å²) in [5, 5.41) is 0.507. The highest BCUT2D eigenvalue weighted by atomic mass is 35.5. The molecule has 1 fully saturated rings. The molecule has 2 bridgehead atoms. The predicted octanol–water partition coefficient (Wildman–Crippen LogP) is 2.55. The Kier molecular flexibility index (Phi) is 4.05. The third kappa shape index (κ3) is 2.82. The number of hydrogen-bond acceptors (Lipinski definition) is 4. The van der Waals surface area contributed by atoms with E-state index in [4.69, 9.17) is 11.6 Å². The molecule has 0 saturated carbocycles. The van der Waals surface area contributed by atoms with Gasteiger partial charge in [0.2, 0.25) is 0 Å². The maximum Gasteiger partial charge on any atom is 0.272 e. The third-order valence-electron chi connectivity index (χ3n) is 5.59. The van der Waals surface area contributed by atoms with Crippen molar-refractivity contribution in [3.8, 4) is 11.4 Å². The van der Waals surface area contributed by atoms with Gasteiger partial charge in [0, 0.05) is 49.8 Å². The van der Waals surface area contributed by atoms with Crippen molar-refractivity contribution < 1.29 is 4.79 Å². The second kappa shape index (κ2) is 6.60. The summed E-state index contributed by atoms with van der Waals surface area (Å²) in [4.78, 5) is 39.1. The van der Waals surface area contributed by atoms with Crippen LogP contribution in [0.15, 0.2) is 47.7 Å². The second-order valence-electron chi connectivity index (χ2n) is 7.40. The van der Waals surface area contributed by atoms with E-state index in [1.54, 1.807) is 24.5 Å². The molecule has 0 aromatic carbocycles. The number of aromatic nitrogens is 4. The molecular weight excluding hydrogens is 378 g/mol. The molecule has 3 aromatic rings. The summed E-state index contributed by atoms with van der Waals surface area (Å²) < 4.78 is 1.86. The Hall–Kier alpha value is -2.93. The zero-order valence-corrected chi connectivity index (χ0v) is 15.8. The van der Waals surface area contributed by atoms with Gasteiger partial charge in [-0.05, 0) is 36.6 Å². The molecule has 2 aliphatic heterocycles. The van der Waals surface area contributed by atoms with Gasteiger partial charge in [0.25, 0.3) is 11.5 Å². The van der Waals surface area contributed by atoms with Crippen LogP contribution in [-0.2, 0) is 6.54 Å². The highest BCUT2D eigenvalue weighted by Gasteiger charge is 2.37. The Balaban J connectivity index is 1.45. The first-order valence-corrected chi connectivity index (χ1v) is 9.62. The predicted molar refractivity (Wildman–Crippen MR) is 104 cm³/mol. The van der Waals surface area contributed by atoms with Crippen LogP contribution in [-0.4, -0.2) is 43.4 Å². The minimum Gasteiger partial charge on any atom is -0.344 e. The van der Waals surface area contributed by atoms with Crippen LogP contribution in [0.2, 0.25) is 5.02 Å². The molecule has 0 radical (unpaired) electrons. The summed E-state index contributed by atoms with van der Waals surface area (Å²) in [6, 6.07) is 7.16. The number of carbonyl (C=O) groups excluding carboxylic acids is 1. The van der Waals surface area contributed by atoms with Crippen LogP contribution in [0.25, 0.3) is 11.4 Å². The Morgan fingerprint density at radius 3 is 2.79 bits per heavy atom. The number of piperidine rings is 1. The molecule has 5 rings (SSSR count). The number of pyridine rings is 2. The van der Waals surface area contributed by atoms with E-state index in [2.05, 4.69) is 15.0 Å². The number of likely N-dealkylation sites (tertiary alicyclic amines) is 1. The minimum absolute atomic E-state index is 0.0266. The van der Waals surface area contributed by atoms with E-state index in [-0.39, 0.29) is 23.3 Å². The van der Waals surface area contributed by atoms with Gasteiger partial charge in [0.05, 0.1) is 10.6 Å². The highest BCUT2D eigenvalue weighted by molar-refractivity contribution is 6.30. The van der Waals surface area contributed by atoms with E-state index in [1.165, 1.54) is 6.20 Å². The Morgan fingerprint density at radius 2 is 2.04 bits per heavy atom. The molecule has 1 saturated heterocycles. The number of halogens is 1. The van der Waals surface area contributed by atoms with Crippen molar-refractivity contribution in [2.24, 2.45) is 5.92 Å². The van der Waals surface area contributed by atoms with E-state index in [0.29, 0.717) is 41.7 Å². The first-order chi connectivity index (χ1) is 13.6. The SMILES string of the molecule is O=C(c1ccc(Cl)cn1)N1C[C@@H]2C[C@H](C1)c1ccc(-c3ncc[nH]3)c(=O)n1C2. The van der Waals surface area contributed by atoms with Gasteiger partial charge in [-0.2, -0.15) is 0 Å². The standard InChI is InChI=1S/C20H18ClN5O2/c21-14-1-3-16(24-8-14)20(28)25-9-12-7-13(11-25)17-4-2-15(18-22-5-6-23-18)19(27)26(17)10-12/h1-6,8,12-13H,7,9-11H2,(H,22,23)/t12-,13+/m0/s1. The number of nitrogens with one attached hydrogen (secondary N) is 1. The molecule has 0 aliphatic carbocycles.